The molecule has 7 heteroatoms. The number of phenols is 1. The Labute approximate surface area is 160 Å². The van der Waals surface area contributed by atoms with Crippen LogP contribution in [0.4, 0.5) is 5.69 Å². The normalized spacial score (nSPS) is 10.5. The monoisotopic (exact) mass is 378 g/mol. The van der Waals surface area contributed by atoms with Crippen molar-refractivity contribution < 1.29 is 19.4 Å². The van der Waals surface area contributed by atoms with Crippen molar-refractivity contribution in [2.75, 3.05) is 12.3 Å². The summed E-state index contributed by atoms with van der Waals surface area (Å²) in [6, 6.07) is 13.6. The second-order valence-corrected chi connectivity index (χ2v) is 5.98. The molecule has 3 N–H and O–H groups in total. The van der Waals surface area contributed by atoms with Crippen LogP contribution in [-0.4, -0.2) is 28.0 Å². The lowest BCUT2D eigenvalue weighted by Gasteiger charge is -2.12. The predicted octanol–water partition coefficient (Wildman–Crippen LogP) is 2.53. The number of carbonyl (C=O) groups is 2. The van der Waals surface area contributed by atoms with E-state index in [-0.39, 0.29) is 29.0 Å². The van der Waals surface area contributed by atoms with Gasteiger partial charge in [-0.15, -0.1) is 0 Å². The third-order valence-electron chi connectivity index (χ3n) is 4.09. The van der Waals surface area contributed by atoms with Gasteiger partial charge in [-0.05, 0) is 49.4 Å². The van der Waals surface area contributed by atoms with Crippen molar-refractivity contribution in [2.45, 2.75) is 6.92 Å². The summed E-state index contributed by atoms with van der Waals surface area (Å²) in [5.74, 6) is -1.56. The first-order valence-electron chi connectivity index (χ1n) is 8.54. The van der Waals surface area contributed by atoms with Crippen molar-refractivity contribution >= 4 is 17.4 Å². The van der Waals surface area contributed by atoms with Crippen LogP contribution in [0.1, 0.15) is 33.2 Å². The molecule has 142 valence electrons. The molecule has 0 aliphatic heterocycles. The van der Waals surface area contributed by atoms with E-state index in [2.05, 4.69) is 0 Å². The third kappa shape index (κ3) is 3.64. The molecule has 3 rings (SSSR count). The fourth-order valence-corrected chi connectivity index (χ4v) is 2.71. The van der Waals surface area contributed by atoms with Crippen molar-refractivity contribution in [1.29, 1.82) is 0 Å². The van der Waals surface area contributed by atoms with Gasteiger partial charge in [0.05, 0.1) is 12.2 Å². The zero-order valence-corrected chi connectivity index (χ0v) is 15.1. The largest absolute Gasteiger partial charge is 0.507 e. The van der Waals surface area contributed by atoms with E-state index < -0.39 is 17.3 Å². The fraction of sp³-hybridized carbons (Fsp3) is 0.0952. The summed E-state index contributed by atoms with van der Waals surface area (Å²) in [6.07, 6.45) is 1.32. The molecular formula is C21H18N2O5. The highest BCUT2D eigenvalue weighted by molar-refractivity contribution is 6.11. The molecule has 0 saturated carbocycles. The number of rotatable bonds is 5. The smallest absolute Gasteiger partial charge is 0.343 e. The van der Waals surface area contributed by atoms with Crippen molar-refractivity contribution in [3.8, 4) is 11.4 Å². The number of nitrogen functional groups attached to an aromatic ring is 1. The van der Waals surface area contributed by atoms with Crippen LogP contribution >= 0.6 is 0 Å². The second kappa shape index (κ2) is 7.79. The molecule has 0 radical (unpaired) electrons. The van der Waals surface area contributed by atoms with E-state index in [1.54, 1.807) is 43.3 Å². The maximum absolute atomic E-state index is 12.9. The van der Waals surface area contributed by atoms with Crippen LogP contribution < -0.4 is 11.3 Å². The summed E-state index contributed by atoms with van der Waals surface area (Å²) in [5, 5.41) is 9.98. The van der Waals surface area contributed by atoms with Gasteiger partial charge >= 0.3 is 5.97 Å². The Kier molecular flexibility index (Phi) is 5.26. The SMILES string of the molecule is CCOC(=O)c1cc(C(=O)c2ccccc2O)cn(-c2ccc(N)cc2)c1=O. The molecule has 0 fully saturated rings. The molecule has 0 aliphatic rings. The standard InChI is InChI=1S/C21H18N2O5/c1-2-28-21(27)17-11-13(19(25)16-5-3-4-6-18(16)24)12-23(20(17)26)15-9-7-14(22)8-10-15/h3-12,24H,2,22H2,1H3. The number of ketones is 1. The molecule has 1 aromatic heterocycles. The van der Waals surface area contributed by atoms with Gasteiger partial charge in [-0.1, -0.05) is 12.1 Å². The lowest BCUT2D eigenvalue weighted by Crippen LogP contribution is -2.27. The van der Waals surface area contributed by atoms with Gasteiger partial charge in [-0.25, -0.2) is 4.79 Å². The summed E-state index contributed by atoms with van der Waals surface area (Å²) in [5.41, 5.74) is 5.83. The number of phenolic OH excluding ortho intramolecular Hbond substituents is 1. The first-order valence-corrected chi connectivity index (χ1v) is 8.54. The summed E-state index contributed by atoms with van der Waals surface area (Å²) in [4.78, 5) is 38.0. The Morgan fingerprint density at radius 2 is 1.75 bits per heavy atom. The Balaban J connectivity index is 2.21. The highest BCUT2D eigenvalue weighted by Gasteiger charge is 2.21. The summed E-state index contributed by atoms with van der Waals surface area (Å²) < 4.78 is 6.13. The number of ether oxygens (including phenoxy) is 1. The minimum absolute atomic E-state index is 0.0554. The van der Waals surface area contributed by atoms with Crippen molar-refractivity contribution in [1.82, 2.24) is 4.57 Å². The van der Waals surface area contributed by atoms with Crippen LogP contribution in [0.15, 0.2) is 65.6 Å². The van der Waals surface area contributed by atoms with E-state index in [1.807, 2.05) is 0 Å². The van der Waals surface area contributed by atoms with Crippen LogP contribution in [0, 0.1) is 0 Å². The topological polar surface area (TPSA) is 112 Å². The molecule has 0 spiro atoms. The Hall–Kier alpha value is -3.87. The van der Waals surface area contributed by atoms with Crippen LogP contribution in [-0.2, 0) is 4.74 Å². The van der Waals surface area contributed by atoms with Crippen LogP contribution in [0.3, 0.4) is 0 Å². The molecule has 2 aromatic carbocycles. The average Bonchev–Trinajstić information content (AvgIpc) is 2.69. The number of hydrogen-bond donors (Lipinski definition) is 2. The molecule has 1 heterocycles. The van der Waals surface area contributed by atoms with Gasteiger partial charge < -0.3 is 15.6 Å². The van der Waals surface area contributed by atoms with Gasteiger partial charge in [-0.2, -0.15) is 0 Å². The van der Waals surface area contributed by atoms with Crippen molar-refractivity contribution in [2.24, 2.45) is 0 Å². The number of benzene rings is 2. The molecule has 0 amide bonds. The number of anilines is 1. The van der Waals surface area contributed by atoms with Gasteiger partial charge in [0, 0.05) is 23.1 Å². The summed E-state index contributed by atoms with van der Waals surface area (Å²) >= 11 is 0. The van der Waals surface area contributed by atoms with Crippen molar-refractivity contribution in [3.05, 3.63) is 87.8 Å². The van der Waals surface area contributed by atoms with Gasteiger partial charge in [0.15, 0.2) is 5.78 Å². The van der Waals surface area contributed by atoms with Gasteiger partial charge in [-0.3, -0.25) is 14.2 Å². The number of pyridine rings is 1. The first-order chi connectivity index (χ1) is 13.4. The molecule has 7 nitrogen and oxygen atoms in total. The molecule has 0 bridgehead atoms. The predicted molar refractivity (Wildman–Crippen MR) is 104 cm³/mol. The molecule has 3 aromatic rings. The second-order valence-electron chi connectivity index (χ2n) is 5.98. The maximum Gasteiger partial charge on any atom is 0.343 e. The van der Waals surface area contributed by atoms with E-state index in [9.17, 15) is 19.5 Å². The third-order valence-corrected chi connectivity index (χ3v) is 4.09. The number of hydrogen-bond acceptors (Lipinski definition) is 6. The molecule has 0 unspecified atom stereocenters. The Morgan fingerprint density at radius 1 is 1.07 bits per heavy atom. The Morgan fingerprint density at radius 3 is 2.39 bits per heavy atom. The molecular weight excluding hydrogens is 360 g/mol. The fourth-order valence-electron chi connectivity index (χ4n) is 2.71. The van der Waals surface area contributed by atoms with Crippen LogP contribution in [0.25, 0.3) is 5.69 Å². The summed E-state index contributed by atoms with van der Waals surface area (Å²) in [7, 11) is 0. The lowest BCUT2D eigenvalue weighted by atomic mass is 10.0. The zero-order valence-electron chi connectivity index (χ0n) is 15.1. The maximum atomic E-state index is 12.9. The van der Waals surface area contributed by atoms with Crippen LogP contribution in [0.2, 0.25) is 0 Å². The molecule has 28 heavy (non-hydrogen) atoms. The van der Waals surface area contributed by atoms with E-state index >= 15 is 0 Å². The average molecular weight is 378 g/mol. The lowest BCUT2D eigenvalue weighted by molar-refractivity contribution is 0.0524. The van der Waals surface area contributed by atoms with Crippen molar-refractivity contribution in [3.63, 3.8) is 0 Å². The molecule has 0 saturated heterocycles. The number of aromatic hydroxyl groups is 1. The highest BCUT2D eigenvalue weighted by atomic mass is 16.5. The summed E-state index contributed by atoms with van der Waals surface area (Å²) in [6.45, 7) is 1.70. The number of para-hydroxylation sites is 1. The minimum atomic E-state index is -0.830. The van der Waals surface area contributed by atoms with E-state index in [0.29, 0.717) is 11.4 Å². The number of aromatic nitrogens is 1. The van der Waals surface area contributed by atoms with Gasteiger partial charge in [0.1, 0.15) is 11.3 Å². The first kappa shape index (κ1) is 18.9. The Bertz CT molecular complexity index is 1100. The molecule has 0 aliphatic carbocycles. The van der Waals surface area contributed by atoms with Gasteiger partial charge in [0.2, 0.25) is 0 Å². The quantitative estimate of drug-likeness (QED) is 0.401. The number of carbonyl (C=O) groups excluding carboxylic acids is 2. The van der Waals surface area contributed by atoms with E-state index in [0.717, 1.165) is 0 Å². The zero-order chi connectivity index (χ0) is 20.3. The molecule has 0 atom stereocenters. The van der Waals surface area contributed by atoms with E-state index in [1.165, 1.54) is 29.0 Å². The van der Waals surface area contributed by atoms with Gasteiger partial charge in [0.25, 0.3) is 5.56 Å². The number of nitrogens with two attached hydrogens (primary N) is 1. The van der Waals surface area contributed by atoms with Crippen LogP contribution in [0.5, 0.6) is 5.75 Å². The number of esters is 1. The highest BCUT2D eigenvalue weighted by Crippen LogP contribution is 2.21. The minimum Gasteiger partial charge on any atom is -0.507 e. The number of nitrogens with zero attached hydrogens (tertiary/aromatic N) is 1. The van der Waals surface area contributed by atoms with E-state index in [4.69, 9.17) is 10.5 Å².